The highest BCUT2D eigenvalue weighted by molar-refractivity contribution is 5.76. The van der Waals surface area contributed by atoms with E-state index in [-0.39, 0.29) is 5.82 Å². The molecular formula is C17H24FN3. The number of rotatable bonds is 5. The lowest BCUT2D eigenvalue weighted by atomic mass is 9.94. The fraction of sp³-hybridized carbons (Fsp3) is 0.588. The fourth-order valence-corrected chi connectivity index (χ4v) is 3.31. The van der Waals surface area contributed by atoms with Crippen LogP contribution in [0.4, 0.5) is 4.39 Å². The Morgan fingerprint density at radius 1 is 1.43 bits per heavy atom. The molecule has 1 N–H and O–H groups in total. The predicted molar refractivity (Wildman–Crippen MR) is 83.9 cm³/mol. The molecule has 1 saturated heterocycles. The monoisotopic (exact) mass is 289 g/mol. The molecule has 0 spiro atoms. The van der Waals surface area contributed by atoms with Crippen molar-refractivity contribution in [2.45, 2.75) is 45.6 Å². The van der Waals surface area contributed by atoms with Crippen LogP contribution in [-0.4, -0.2) is 22.6 Å². The number of aromatic nitrogens is 2. The van der Waals surface area contributed by atoms with Gasteiger partial charge in [0.2, 0.25) is 0 Å². The zero-order chi connectivity index (χ0) is 14.7. The van der Waals surface area contributed by atoms with Gasteiger partial charge in [0.25, 0.3) is 0 Å². The molecule has 3 nitrogen and oxygen atoms in total. The van der Waals surface area contributed by atoms with E-state index in [0.29, 0.717) is 0 Å². The molecule has 0 amide bonds. The number of nitrogens with zero attached hydrogens (tertiary/aromatic N) is 2. The Labute approximate surface area is 125 Å². The van der Waals surface area contributed by atoms with Gasteiger partial charge in [-0.05, 0) is 62.9 Å². The van der Waals surface area contributed by atoms with Crippen LogP contribution in [0, 0.1) is 11.7 Å². The van der Waals surface area contributed by atoms with Crippen LogP contribution < -0.4 is 5.32 Å². The van der Waals surface area contributed by atoms with Crippen molar-refractivity contribution in [3.8, 4) is 0 Å². The van der Waals surface area contributed by atoms with Gasteiger partial charge in [-0.25, -0.2) is 9.37 Å². The normalized spacial score (nSPS) is 19.2. The third kappa shape index (κ3) is 3.26. The Morgan fingerprint density at radius 2 is 2.33 bits per heavy atom. The minimum absolute atomic E-state index is 0.178. The van der Waals surface area contributed by atoms with Gasteiger partial charge in [-0.1, -0.05) is 6.92 Å². The molecule has 4 heteroatoms. The number of hydrogen-bond donors (Lipinski definition) is 1. The summed E-state index contributed by atoms with van der Waals surface area (Å²) in [5, 5.41) is 3.47. The average molecular weight is 289 g/mol. The summed E-state index contributed by atoms with van der Waals surface area (Å²) < 4.78 is 15.7. The first kappa shape index (κ1) is 14.5. The van der Waals surface area contributed by atoms with E-state index in [0.717, 1.165) is 55.3 Å². The lowest BCUT2D eigenvalue weighted by Gasteiger charge is -2.22. The van der Waals surface area contributed by atoms with Crippen molar-refractivity contribution in [2.24, 2.45) is 5.92 Å². The highest BCUT2D eigenvalue weighted by Crippen LogP contribution is 2.22. The average Bonchev–Trinajstić information content (AvgIpc) is 2.84. The smallest absolute Gasteiger partial charge is 0.125 e. The molecule has 21 heavy (non-hydrogen) atoms. The molecule has 3 rings (SSSR count). The van der Waals surface area contributed by atoms with Crippen LogP contribution >= 0.6 is 0 Å². The number of nitrogens with one attached hydrogen (secondary N) is 1. The van der Waals surface area contributed by atoms with Gasteiger partial charge in [0, 0.05) is 13.0 Å². The maximum atomic E-state index is 13.5. The van der Waals surface area contributed by atoms with Crippen molar-refractivity contribution in [1.29, 1.82) is 0 Å². The Bertz CT molecular complexity index is 599. The summed E-state index contributed by atoms with van der Waals surface area (Å²) >= 11 is 0. The Hall–Kier alpha value is -1.42. The summed E-state index contributed by atoms with van der Waals surface area (Å²) in [6.07, 6.45) is 5.79. The van der Waals surface area contributed by atoms with Crippen molar-refractivity contribution >= 4 is 11.0 Å². The molecule has 0 saturated carbocycles. The van der Waals surface area contributed by atoms with E-state index in [9.17, 15) is 4.39 Å². The highest BCUT2D eigenvalue weighted by atomic mass is 19.1. The van der Waals surface area contributed by atoms with E-state index in [2.05, 4.69) is 16.8 Å². The van der Waals surface area contributed by atoms with Gasteiger partial charge in [0.05, 0.1) is 11.0 Å². The number of halogens is 1. The fourth-order valence-electron chi connectivity index (χ4n) is 3.31. The molecule has 114 valence electrons. The summed E-state index contributed by atoms with van der Waals surface area (Å²) in [6.45, 7) is 5.35. The highest BCUT2D eigenvalue weighted by Gasteiger charge is 2.16. The third-order valence-electron chi connectivity index (χ3n) is 4.41. The van der Waals surface area contributed by atoms with Crippen LogP contribution in [0.15, 0.2) is 18.2 Å². The van der Waals surface area contributed by atoms with Crippen LogP contribution in [0.5, 0.6) is 0 Å². The molecule has 2 aromatic rings. The molecule has 0 radical (unpaired) electrons. The zero-order valence-electron chi connectivity index (χ0n) is 12.7. The first-order valence-electron chi connectivity index (χ1n) is 8.13. The molecule has 1 fully saturated rings. The van der Waals surface area contributed by atoms with Crippen LogP contribution in [0.25, 0.3) is 11.0 Å². The van der Waals surface area contributed by atoms with Crippen LogP contribution in [0.1, 0.15) is 38.4 Å². The van der Waals surface area contributed by atoms with Crippen molar-refractivity contribution in [3.63, 3.8) is 0 Å². The van der Waals surface area contributed by atoms with Crippen molar-refractivity contribution < 1.29 is 4.39 Å². The molecule has 1 atom stereocenters. The Morgan fingerprint density at radius 3 is 3.10 bits per heavy atom. The quantitative estimate of drug-likeness (QED) is 0.912. The molecule has 1 unspecified atom stereocenters. The molecule has 1 aliphatic heterocycles. The Kier molecular flexibility index (Phi) is 4.54. The SMILES string of the molecule is CCCn1c(CCC2CCCNC2)nc2ccc(F)cc21. The number of aryl methyl sites for hydroxylation is 2. The van der Waals surface area contributed by atoms with Crippen LogP contribution in [0.2, 0.25) is 0 Å². The third-order valence-corrected chi connectivity index (χ3v) is 4.41. The zero-order valence-corrected chi connectivity index (χ0v) is 12.7. The van der Waals surface area contributed by atoms with Crippen molar-refractivity contribution in [3.05, 3.63) is 29.8 Å². The van der Waals surface area contributed by atoms with Crippen LogP contribution in [0.3, 0.4) is 0 Å². The topological polar surface area (TPSA) is 29.9 Å². The van der Waals surface area contributed by atoms with E-state index in [1.165, 1.54) is 25.3 Å². The first-order chi connectivity index (χ1) is 10.3. The van der Waals surface area contributed by atoms with Gasteiger partial charge in [-0.3, -0.25) is 0 Å². The van der Waals surface area contributed by atoms with Gasteiger partial charge >= 0.3 is 0 Å². The Balaban J connectivity index is 1.81. The van der Waals surface area contributed by atoms with E-state index in [1.807, 2.05) is 0 Å². The van der Waals surface area contributed by atoms with Gasteiger partial charge in [-0.15, -0.1) is 0 Å². The second kappa shape index (κ2) is 6.56. The summed E-state index contributed by atoms with van der Waals surface area (Å²) in [5.74, 6) is 1.69. The number of hydrogen-bond acceptors (Lipinski definition) is 2. The van der Waals surface area contributed by atoms with Crippen LogP contribution in [-0.2, 0) is 13.0 Å². The molecule has 1 aromatic carbocycles. The van der Waals surface area contributed by atoms with Gasteiger partial charge in [0.15, 0.2) is 0 Å². The van der Waals surface area contributed by atoms with Crippen molar-refractivity contribution in [1.82, 2.24) is 14.9 Å². The van der Waals surface area contributed by atoms with E-state index in [1.54, 1.807) is 12.1 Å². The van der Waals surface area contributed by atoms with Gasteiger partial charge < -0.3 is 9.88 Å². The van der Waals surface area contributed by atoms with Gasteiger partial charge in [0.1, 0.15) is 11.6 Å². The summed E-state index contributed by atoms with van der Waals surface area (Å²) in [7, 11) is 0. The summed E-state index contributed by atoms with van der Waals surface area (Å²) in [4.78, 5) is 4.73. The number of fused-ring (bicyclic) bond motifs is 1. The standard InChI is InChI=1S/C17H24FN3/c1-2-10-21-16-11-14(18)6-7-15(16)20-17(21)8-5-13-4-3-9-19-12-13/h6-7,11,13,19H,2-5,8-10,12H2,1H3. The second-order valence-electron chi connectivity index (χ2n) is 6.06. The maximum absolute atomic E-state index is 13.5. The van der Waals surface area contributed by atoms with Crippen molar-refractivity contribution in [2.75, 3.05) is 13.1 Å². The minimum Gasteiger partial charge on any atom is -0.328 e. The summed E-state index contributed by atoms with van der Waals surface area (Å²) in [6, 6.07) is 4.91. The minimum atomic E-state index is -0.178. The molecular weight excluding hydrogens is 265 g/mol. The number of benzene rings is 1. The van der Waals surface area contributed by atoms with E-state index >= 15 is 0 Å². The lowest BCUT2D eigenvalue weighted by molar-refractivity contribution is 0.354. The predicted octanol–water partition coefficient (Wildman–Crippen LogP) is 3.52. The molecule has 0 aliphatic carbocycles. The number of imidazole rings is 1. The largest absolute Gasteiger partial charge is 0.328 e. The van der Waals surface area contributed by atoms with E-state index < -0.39 is 0 Å². The second-order valence-corrected chi connectivity index (χ2v) is 6.06. The molecule has 1 aliphatic rings. The molecule has 2 heterocycles. The maximum Gasteiger partial charge on any atom is 0.125 e. The lowest BCUT2D eigenvalue weighted by Crippen LogP contribution is -2.30. The summed E-state index contributed by atoms with van der Waals surface area (Å²) in [5.41, 5.74) is 1.86. The molecule has 1 aromatic heterocycles. The molecule has 0 bridgehead atoms. The first-order valence-corrected chi connectivity index (χ1v) is 8.13. The van der Waals surface area contributed by atoms with E-state index in [4.69, 9.17) is 4.98 Å². The number of piperidine rings is 1. The van der Waals surface area contributed by atoms with Gasteiger partial charge in [-0.2, -0.15) is 0 Å².